The number of aliphatic carboxylic acids is 1. The number of rotatable bonds is 7. The Kier molecular flexibility index (Phi) is 4.47. The zero-order chi connectivity index (χ0) is 18.2. The van der Waals surface area contributed by atoms with Gasteiger partial charge >= 0.3 is 5.97 Å². The standard InChI is InChI=1S/C17H21N3O5/c1-9-14-11(6-12(10-4-5-10)18-16(14)25-20-9)15(23)19-17(2,8-24-3)7-13(21)22/h6,10H,4-5,7-8H2,1-3H3,(H,19,23)(H,21,22). The fourth-order valence-corrected chi connectivity index (χ4v) is 3.01. The Labute approximate surface area is 144 Å². The molecule has 25 heavy (non-hydrogen) atoms. The molecule has 2 aromatic rings. The highest BCUT2D eigenvalue weighted by Gasteiger charge is 2.33. The minimum absolute atomic E-state index is 0.0807. The Bertz CT molecular complexity index is 827. The molecule has 1 atom stereocenters. The lowest BCUT2D eigenvalue weighted by atomic mass is 9.97. The number of ether oxygens (including phenoxy) is 1. The first kappa shape index (κ1) is 17.3. The molecular weight excluding hydrogens is 326 g/mol. The molecule has 2 N–H and O–H groups in total. The number of hydrogen-bond donors (Lipinski definition) is 2. The molecule has 1 fully saturated rings. The number of fused-ring (bicyclic) bond motifs is 1. The van der Waals surface area contributed by atoms with Crippen LogP contribution in [0.4, 0.5) is 0 Å². The molecule has 0 aliphatic heterocycles. The van der Waals surface area contributed by atoms with Gasteiger partial charge < -0.3 is 19.7 Å². The fourth-order valence-electron chi connectivity index (χ4n) is 3.01. The number of nitrogens with one attached hydrogen (secondary N) is 1. The SMILES string of the molecule is COCC(C)(CC(=O)O)NC(=O)c1cc(C2CC2)nc2onc(C)c12. The molecule has 0 spiro atoms. The van der Waals surface area contributed by atoms with Crippen LogP contribution in [0.2, 0.25) is 0 Å². The van der Waals surface area contributed by atoms with E-state index in [0.717, 1.165) is 18.5 Å². The first-order valence-corrected chi connectivity index (χ1v) is 8.13. The van der Waals surface area contributed by atoms with Crippen molar-refractivity contribution in [3.8, 4) is 0 Å². The van der Waals surface area contributed by atoms with Gasteiger partial charge in [-0.1, -0.05) is 5.16 Å². The van der Waals surface area contributed by atoms with E-state index in [4.69, 9.17) is 14.4 Å². The molecule has 3 rings (SSSR count). The number of pyridine rings is 1. The van der Waals surface area contributed by atoms with E-state index in [1.807, 2.05) is 0 Å². The summed E-state index contributed by atoms with van der Waals surface area (Å²) in [5, 5.41) is 16.4. The summed E-state index contributed by atoms with van der Waals surface area (Å²) in [6.07, 6.45) is 1.82. The average molecular weight is 347 g/mol. The van der Waals surface area contributed by atoms with Crippen LogP contribution in [0.1, 0.15) is 53.8 Å². The van der Waals surface area contributed by atoms with Gasteiger partial charge in [0.15, 0.2) is 0 Å². The molecule has 1 amide bonds. The molecule has 8 heteroatoms. The third-order valence-corrected chi connectivity index (χ3v) is 4.30. The number of methoxy groups -OCH3 is 1. The topological polar surface area (TPSA) is 115 Å². The van der Waals surface area contributed by atoms with E-state index in [1.54, 1.807) is 19.9 Å². The van der Waals surface area contributed by atoms with Crippen LogP contribution in [-0.4, -0.2) is 46.4 Å². The molecule has 1 aliphatic carbocycles. The predicted molar refractivity (Wildman–Crippen MR) is 88.5 cm³/mol. The molecule has 2 heterocycles. The summed E-state index contributed by atoms with van der Waals surface area (Å²) < 4.78 is 10.3. The van der Waals surface area contributed by atoms with Gasteiger partial charge in [0, 0.05) is 18.7 Å². The van der Waals surface area contributed by atoms with Gasteiger partial charge in [-0.25, -0.2) is 4.98 Å². The van der Waals surface area contributed by atoms with Crippen molar-refractivity contribution in [2.75, 3.05) is 13.7 Å². The highest BCUT2D eigenvalue weighted by atomic mass is 16.5. The Balaban J connectivity index is 1.97. The number of aryl methyl sites for hydroxylation is 1. The summed E-state index contributed by atoms with van der Waals surface area (Å²) in [4.78, 5) is 28.5. The minimum Gasteiger partial charge on any atom is -0.481 e. The van der Waals surface area contributed by atoms with E-state index in [1.165, 1.54) is 7.11 Å². The molecule has 1 aliphatic rings. The quantitative estimate of drug-likeness (QED) is 0.787. The van der Waals surface area contributed by atoms with Crippen molar-refractivity contribution in [1.82, 2.24) is 15.5 Å². The van der Waals surface area contributed by atoms with Crippen molar-refractivity contribution in [3.63, 3.8) is 0 Å². The summed E-state index contributed by atoms with van der Waals surface area (Å²) >= 11 is 0. The maximum Gasteiger partial charge on any atom is 0.305 e. The van der Waals surface area contributed by atoms with Crippen molar-refractivity contribution in [3.05, 3.63) is 23.0 Å². The van der Waals surface area contributed by atoms with E-state index in [-0.39, 0.29) is 18.9 Å². The molecule has 2 aromatic heterocycles. The van der Waals surface area contributed by atoms with Crippen LogP contribution in [0.15, 0.2) is 10.6 Å². The molecule has 1 unspecified atom stereocenters. The fraction of sp³-hybridized carbons (Fsp3) is 0.529. The van der Waals surface area contributed by atoms with E-state index >= 15 is 0 Å². The number of carboxylic acid groups (broad SMARTS) is 1. The van der Waals surface area contributed by atoms with Gasteiger partial charge in [0.1, 0.15) is 0 Å². The molecule has 8 nitrogen and oxygen atoms in total. The minimum atomic E-state index is -1.03. The van der Waals surface area contributed by atoms with E-state index in [9.17, 15) is 9.59 Å². The van der Waals surface area contributed by atoms with Crippen LogP contribution in [-0.2, 0) is 9.53 Å². The number of aromatic nitrogens is 2. The summed E-state index contributed by atoms with van der Waals surface area (Å²) in [6.45, 7) is 3.47. The smallest absolute Gasteiger partial charge is 0.305 e. The number of hydrogen-bond acceptors (Lipinski definition) is 6. The first-order chi connectivity index (χ1) is 11.8. The highest BCUT2D eigenvalue weighted by molar-refractivity contribution is 6.06. The van der Waals surface area contributed by atoms with Gasteiger partial charge in [-0.15, -0.1) is 0 Å². The zero-order valence-corrected chi connectivity index (χ0v) is 14.5. The van der Waals surface area contributed by atoms with Crippen molar-refractivity contribution in [2.24, 2.45) is 0 Å². The van der Waals surface area contributed by atoms with Crippen LogP contribution < -0.4 is 5.32 Å². The van der Waals surface area contributed by atoms with Crippen LogP contribution in [0.3, 0.4) is 0 Å². The zero-order valence-electron chi connectivity index (χ0n) is 14.5. The Morgan fingerprint density at radius 1 is 1.48 bits per heavy atom. The number of carbonyl (C=O) groups excluding carboxylic acids is 1. The molecule has 0 bridgehead atoms. The first-order valence-electron chi connectivity index (χ1n) is 8.13. The van der Waals surface area contributed by atoms with E-state index in [2.05, 4.69) is 15.5 Å². The summed E-state index contributed by atoms with van der Waals surface area (Å²) in [5.41, 5.74) is 1.08. The second-order valence-corrected chi connectivity index (χ2v) is 6.84. The second kappa shape index (κ2) is 6.44. The summed E-state index contributed by atoms with van der Waals surface area (Å²) in [6, 6.07) is 1.76. The number of carboxylic acids is 1. The van der Waals surface area contributed by atoms with Crippen LogP contribution in [0, 0.1) is 6.92 Å². The van der Waals surface area contributed by atoms with Crippen molar-refractivity contribution < 1.29 is 24.0 Å². The Morgan fingerprint density at radius 2 is 2.20 bits per heavy atom. The third kappa shape index (κ3) is 3.63. The molecule has 0 aromatic carbocycles. The van der Waals surface area contributed by atoms with Crippen LogP contribution in [0.25, 0.3) is 11.1 Å². The van der Waals surface area contributed by atoms with E-state index < -0.39 is 11.5 Å². The maximum atomic E-state index is 12.9. The van der Waals surface area contributed by atoms with Gasteiger partial charge in [-0.3, -0.25) is 9.59 Å². The summed E-state index contributed by atoms with van der Waals surface area (Å²) in [5.74, 6) is -1.06. The largest absolute Gasteiger partial charge is 0.481 e. The van der Waals surface area contributed by atoms with E-state index in [0.29, 0.717) is 28.3 Å². The monoisotopic (exact) mass is 347 g/mol. The van der Waals surface area contributed by atoms with Crippen molar-refractivity contribution >= 4 is 23.0 Å². The second-order valence-electron chi connectivity index (χ2n) is 6.84. The van der Waals surface area contributed by atoms with Gasteiger partial charge in [0.2, 0.25) is 0 Å². The van der Waals surface area contributed by atoms with Crippen molar-refractivity contribution in [1.29, 1.82) is 0 Å². The van der Waals surface area contributed by atoms with Crippen LogP contribution in [0.5, 0.6) is 0 Å². The average Bonchev–Trinajstić information content (AvgIpc) is 3.30. The molecular formula is C17H21N3O5. The highest BCUT2D eigenvalue weighted by Crippen LogP contribution is 2.40. The lowest BCUT2D eigenvalue weighted by molar-refractivity contribution is -0.139. The molecule has 1 saturated carbocycles. The lowest BCUT2D eigenvalue weighted by Gasteiger charge is -2.28. The van der Waals surface area contributed by atoms with Crippen LogP contribution >= 0.6 is 0 Å². The van der Waals surface area contributed by atoms with Gasteiger partial charge in [0.25, 0.3) is 11.6 Å². The normalized spacial score (nSPS) is 16.6. The number of carbonyl (C=O) groups is 2. The molecule has 0 saturated heterocycles. The number of amides is 1. The lowest BCUT2D eigenvalue weighted by Crippen LogP contribution is -2.50. The molecule has 0 radical (unpaired) electrons. The van der Waals surface area contributed by atoms with Gasteiger partial charge in [0.05, 0.1) is 35.2 Å². The maximum absolute atomic E-state index is 12.9. The predicted octanol–water partition coefficient (Wildman–Crippen LogP) is 2.02. The Morgan fingerprint density at radius 3 is 2.80 bits per heavy atom. The van der Waals surface area contributed by atoms with Gasteiger partial charge in [-0.2, -0.15) is 0 Å². The Hall–Kier alpha value is -2.48. The summed E-state index contributed by atoms with van der Waals surface area (Å²) in [7, 11) is 1.46. The van der Waals surface area contributed by atoms with Gasteiger partial charge in [-0.05, 0) is 32.8 Å². The third-order valence-electron chi connectivity index (χ3n) is 4.30. The number of nitrogens with zero attached hydrogens (tertiary/aromatic N) is 2. The molecule has 134 valence electrons. The van der Waals surface area contributed by atoms with Crippen molar-refractivity contribution in [2.45, 2.75) is 44.6 Å².